The molecule has 5 heteroatoms. The number of rotatable bonds is 3. The molecule has 0 unspecified atom stereocenters. The van der Waals surface area contributed by atoms with Crippen LogP contribution in [-0.4, -0.2) is 28.8 Å². The highest BCUT2D eigenvalue weighted by molar-refractivity contribution is 5.75. The number of benzene rings is 1. The zero-order valence-electron chi connectivity index (χ0n) is 8.47. The van der Waals surface area contributed by atoms with Crippen molar-refractivity contribution in [2.75, 3.05) is 13.7 Å². The van der Waals surface area contributed by atoms with Gasteiger partial charge in [0.15, 0.2) is 5.82 Å². The standard InChI is InChI=1S/C10H12N4O/c1-15-7-2-3-8-9(6-7)13-14-10(12-8)4-5-11/h2-3,6H,4-5,11H2,1H3. The fourth-order valence-electron chi connectivity index (χ4n) is 1.31. The van der Waals surface area contributed by atoms with Crippen LogP contribution >= 0.6 is 0 Å². The number of aromatic nitrogens is 3. The molecule has 0 amide bonds. The number of methoxy groups -OCH3 is 1. The summed E-state index contributed by atoms with van der Waals surface area (Å²) in [5, 5.41) is 8.04. The van der Waals surface area contributed by atoms with Crippen molar-refractivity contribution in [1.29, 1.82) is 0 Å². The van der Waals surface area contributed by atoms with Gasteiger partial charge in [-0.2, -0.15) is 0 Å². The summed E-state index contributed by atoms with van der Waals surface area (Å²) in [5.41, 5.74) is 6.97. The second-order valence-corrected chi connectivity index (χ2v) is 3.12. The van der Waals surface area contributed by atoms with Crippen LogP contribution in [0.5, 0.6) is 5.75 Å². The lowest BCUT2D eigenvalue weighted by Gasteiger charge is -2.02. The van der Waals surface area contributed by atoms with Crippen LogP contribution in [0.2, 0.25) is 0 Å². The predicted molar refractivity (Wildman–Crippen MR) is 56.6 cm³/mol. The van der Waals surface area contributed by atoms with Gasteiger partial charge >= 0.3 is 0 Å². The van der Waals surface area contributed by atoms with E-state index in [2.05, 4.69) is 15.2 Å². The highest BCUT2D eigenvalue weighted by Crippen LogP contribution is 2.16. The normalized spacial score (nSPS) is 10.5. The van der Waals surface area contributed by atoms with Crippen LogP contribution < -0.4 is 10.5 Å². The molecule has 2 N–H and O–H groups in total. The Kier molecular flexibility index (Phi) is 2.73. The Labute approximate surface area is 87.3 Å². The first kappa shape index (κ1) is 9.79. The molecule has 0 atom stereocenters. The van der Waals surface area contributed by atoms with Crippen LogP contribution in [0, 0.1) is 0 Å². The van der Waals surface area contributed by atoms with E-state index in [1.807, 2.05) is 18.2 Å². The summed E-state index contributed by atoms with van der Waals surface area (Å²) in [4.78, 5) is 4.33. The lowest BCUT2D eigenvalue weighted by atomic mass is 10.3. The van der Waals surface area contributed by atoms with Crippen LogP contribution in [0.3, 0.4) is 0 Å². The summed E-state index contributed by atoms with van der Waals surface area (Å²) in [6.07, 6.45) is 0.648. The SMILES string of the molecule is COc1ccc2nc(CCN)nnc2c1. The second-order valence-electron chi connectivity index (χ2n) is 3.12. The van der Waals surface area contributed by atoms with E-state index in [1.165, 1.54) is 0 Å². The van der Waals surface area contributed by atoms with Gasteiger partial charge in [-0.3, -0.25) is 0 Å². The monoisotopic (exact) mass is 204 g/mol. The maximum absolute atomic E-state index is 5.42. The van der Waals surface area contributed by atoms with Gasteiger partial charge < -0.3 is 10.5 Å². The number of hydrogen-bond acceptors (Lipinski definition) is 5. The summed E-state index contributed by atoms with van der Waals surface area (Å²) in [6, 6.07) is 5.52. The first-order valence-electron chi connectivity index (χ1n) is 4.71. The largest absolute Gasteiger partial charge is 0.497 e. The van der Waals surface area contributed by atoms with Crippen molar-refractivity contribution in [3.8, 4) is 5.75 Å². The van der Waals surface area contributed by atoms with E-state index in [0.717, 1.165) is 16.8 Å². The number of fused-ring (bicyclic) bond motifs is 1. The Balaban J connectivity index is 2.45. The van der Waals surface area contributed by atoms with Gasteiger partial charge in [0.1, 0.15) is 11.3 Å². The van der Waals surface area contributed by atoms with Crippen LogP contribution in [0.15, 0.2) is 18.2 Å². The third-order valence-electron chi connectivity index (χ3n) is 2.07. The lowest BCUT2D eigenvalue weighted by molar-refractivity contribution is 0.415. The van der Waals surface area contributed by atoms with Gasteiger partial charge in [0, 0.05) is 12.5 Å². The van der Waals surface area contributed by atoms with E-state index < -0.39 is 0 Å². The molecule has 0 radical (unpaired) electrons. The molecule has 5 nitrogen and oxygen atoms in total. The molecular formula is C10H12N4O. The highest BCUT2D eigenvalue weighted by Gasteiger charge is 2.02. The maximum Gasteiger partial charge on any atom is 0.152 e. The predicted octanol–water partition coefficient (Wildman–Crippen LogP) is 0.535. The summed E-state index contributed by atoms with van der Waals surface area (Å²) in [5.74, 6) is 1.43. The number of nitrogens with two attached hydrogens (primary N) is 1. The van der Waals surface area contributed by atoms with Crippen molar-refractivity contribution in [3.05, 3.63) is 24.0 Å². The molecule has 0 saturated carbocycles. The molecule has 0 aliphatic heterocycles. The van der Waals surface area contributed by atoms with Crippen molar-refractivity contribution in [1.82, 2.24) is 15.2 Å². The molecule has 0 aliphatic carbocycles. The average molecular weight is 204 g/mol. The molecule has 0 saturated heterocycles. The second kappa shape index (κ2) is 4.18. The van der Waals surface area contributed by atoms with Crippen LogP contribution in [-0.2, 0) is 6.42 Å². The Morgan fingerprint density at radius 1 is 1.27 bits per heavy atom. The van der Waals surface area contributed by atoms with E-state index in [0.29, 0.717) is 18.8 Å². The molecule has 2 aromatic rings. The molecule has 1 aromatic heterocycles. The van der Waals surface area contributed by atoms with Crippen LogP contribution in [0.25, 0.3) is 11.0 Å². The Bertz CT molecular complexity index is 472. The molecule has 1 heterocycles. The molecule has 0 spiro atoms. The smallest absolute Gasteiger partial charge is 0.152 e. The number of nitrogens with zero attached hydrogens (tertiary/aromatic N) is 3. The first-order chi connectivity index (χ1) is 7.33. The third-order valence-corrected chi connectivity index (χ3v) is 2.07. The molecule has 78 valence electrons. The molecule has 0 aliphatic rings. The molecule has 0 bridgehead atoms. The lowest BCUT2D eigenvalue weighted by Crippen LogP contribution is -2.07. The summed E-state index contributed by atoms with van der Waals surface area (Å²) < 4.78 is 5.08. The zero-order chi connectivity index (χ0) is 10.7. The molecule has 2 rings (SSSR count). The number of ether oxygens (including phenoxy) is 1. The molecule has 0 fully saturated rings. The Hall–Kier alpha value is -1.75. The van der Waals surface area contributed by atoms with Gasteiger partial charge in [0.05, 0.1) is 12.6 Å². The van der Waals surface area contributed by atoms with Gasteiger partial charge in [-0.05, 0) is 18.7 Å². The van der Waals surface area contributed by atoms with Gasteiger partial charge in [0.25, 0.3) is 0 Å². The summed E-state index contributed by atoms with van der Waals surface area (Å²) in [6.45, 7) is 0.531. The van der Waals surface area contributed by atoms with Crippen molar-refractivity contribution < 1.29 is 4.74 Å². The Morgan fingerprint density at radius 3 is 2.87 bits per heavy atom. The molecule has 1 aromatic carbocycles. The fourth-order valence-corrected chi connectivity index (χ4v) is 1.31. The number of hydrogen-bond donors (Lipinski definition) is 1. The summed E-state index contributed by atoms with van der Waals surface area (Å²) >= 11 is 0. The van der Waals surface area contributed by atoms with Crippen molar-refractivity contribution in [2.24, 2.45) is 5.73 Å². The minimum absolute atomic E-state index is 0.531. The maximum atomic E-state index is 5.42. The zero-order valence-corrected chi connectivity index (χ0v) is 8.47. The topological polar surface area (TPSA) is 73.9 Å². The van der Waals surface area contributed by atoms with E-state index in [1.54, 1.807) is 7.11 Å². The Morgan fingerprint density at radius 2 is 2.13 bits per heavy atom. The third kappa shape index (κ3) is 2.02. The van der Waals surface area contributed by atoms with E-state index in [9.17, 15) is 0 Å². The van der Waals surface area contributed by atoms with E-state index >= 15 is 0 Å². The van der Waals surface area contributed by atoms with Crippen molar-refractivity contribution >= 4 is 11.0 Å². The van der Waals surface area contributed by atoms with Gasteiger partial charge in [-0.25, -0.2) is 4.98 Å². The highest BCUT2D eigenvalue weighted by atomic mass is 16.5. The fraction of sp³-hybridized carbons (Fsp3) is 0.300. The van der Waals surface area contributed by atoms with E-state index in [-0.39, 0.29) is 0 Å². The average Bonchev–Trinajstić information content (AvgIpc) is 2.29. The van der Waals surface area contributed by atoms with Gasteiger partial charge in [0.2, 0.25) is 0 Å². The minimum Gasteiger partial charge on any atom is -0.497 e. The van der Waals surface area contributed by atoms with Crippen molar-refractivity contribution in [3.63, 3.8) is 0 Å². The van der Waals surface area contributed by atoms with Crippen molar-refractivity contribution in [2.45, 2.75) is 6.42 Å². The van der Waals surface area contributed by atoms with Gasteiger partial charge in [-0.15, -0.1) is 10.2 Å². The van der Waals surface area contributed by atoms with Crippen LogP contribution in [0.1, 0.15) is 5.82 Å². The quantitative estimate of drug-likeness (QED) is 0.789. The van der Waals surface area contributed by atoms with E-state index in [4.69, 9.17) is 10.5 Å². The van der Waals surface area contributed by atoms with Crippen LogP contribution in [0.4, 0.5) is 0 Å². The minimum atomic E-state index is 0.531. The summed E-state index contributed by atoms with van der Waals surface area (Å²) in [7, 11) is 1.62. The molecular weight excluding hydrogens is 192 g/mol. The van der Waals surface area contributed by atoms with Gasteiger partial charge in [-0.1, -0.05) is 0 Å². The molecule has 15 heavy (non-hydrogen) atoms. The first-order valence-corrected chi connectivity index (χ1v) is 4.71.